The van der Waals surface area contributed by atoms with Gasteiger partial charge in [0, 0.05) is 6.42 Å². The molecule has 0 amide bonds. The van der Waals surface area contributed by atoms with Crippen LogP contribution in [0.15, 0.2) is 30.3 Å². The molecule has 0 saturated carbocycles. The minimum Gasteiger partial charge on any atom is -0.462 e. The van der Waals surface area contributed by atoms with Gasteiger partial charge in [-0.3, -0.25) is 4.18 Å². The van der Waals surface area contributed by atoms with Crippen LogP contribution in [-0.4, -0.2) is 33.9 Å². The van der Waals surface area contributed by atoms with Crippen LogP contribution in [0.5, 0.6) is 0 Å². The largest absolute Gasteiger partial charge is 0.462 e. The highest BCUT2D eigenvalue weighted by Crippen LogP contribution is 2.01. The molecule has 17 heavy (non-hydrogen) atoms. The van der Waals surface area contributed by atoms with E-state index in [1.165, 1.54) is 0 Å². The van der Waals surface area contributed by atoms with Crippen molar-refractivity contribution in [3.63, 3.8) is 0 Å². The maximum Gasteiger partial charge on any atom is 0.338 e. The summed E-state index contributed by atoms with van der Waals surface area (Å²) in [7, 11) is -3.42. The Balaban J connectivity index is 2.22. The number of hydrogen-bond donors (Lipinski definition) is 0. The molecule has 1 aromatic rings. The van der Waals surface area contributed by atoms with Crippen LogP contribution >= 0.6 is 0 Å². The second kappa shape index (κ2) is 6.36. The predicted molar refractivity (Wildman–Crippen MR) is 62.1 cm³/mol. The van der Waals surface area contributed by atoms with Gasteiger partial charge in [0.05, 0.1) is 25.0 Å². The highest BCUT2D eigenvalue weighted by atomic mass is 32.2. The molecule has 0 unspecified atom stereocenters. The summed E-state index contributed by atoms with van der Waals surface area (Å²) in [5.74, 6) is -0.426. The highest BCUT2D eigenvalue weighted by molar-refractivity contribution is 7.85. The quantitative estimate of drug-likeness (QED) is 0.436. The zero-order valence-corrected chi connectivity index (χ0v) is 10.3. The molecule has 0 aliphatic heterocycles. The molecule has 0 spiro atoms. The second-order valence-electron chi connectivity index (χ2n) is 3.38. The fraction of sp³-hybridized carbons (Fsp3) is 0.364. The summed E-state index contributed by atoms with van der Waals surface area (Å²) in [6, 6.07) is 8.58. The second-order valence-corrected chi connectivity index (χ2v) is 5.03. The molecule has 0 heterocycles. The van der Waals surface area contributed by atoms with Crippen molar-refractivity contribution in [1.82, 2.24) is 0 Å². The summed E-state index contributed by atoms with van der Waals surface area (Å²) in [4.78, 5) is 11.4. The minimum absolute atomic E-state index is 0.0148. The highest BCUT2D eigenvalue weighted by Gasteiger charge is 2.06. The van der Waals surface area contributed by atoms with Gasteiger partial charge in [-0.1, -0.05) is 18.2 Å². The Bertz CT molecular complexity index is 452. The van der Waals surface area contributed by atoms with E-state index in [0.29, 0.717) is 12.0 Å². The molecule has 0 radical (unpaired) electrons. The molecule has 0 bridgehead atoms. The van der Waals surface area contributed by atoms with Crippen molar-refractivity contribution in [1.29, 1.82) is 0 Å². The molecule has 0 aromatic heterocycles. The minimum atomic E-state index is -3.42. The van der Waals surface area contributed by atoms with E-state index in [0.717, 1.165) is 6.26 Å². The van der Waals surface area contributed by atoms with Crippen LogP contribution in [0.1, 0.15) is 16.8 Å². The van der Waals surface area contributed by atoms with E-state index in [9.17, 15) is 13.2 Å². The zero-order chi connectivity index (χ0) is 12.7. The molecular formula is C11H14O5S. The van der Waals surface area contributed by atoms with Gasteiger partial charge in [-0.25, -0.2) is 4.79 Å². The lowest BCUT2D eigenvalue weighted by molar-refractivity contribution is 0.0487. The smallest absolute Gasteiger partial charge is 0.338 e. The fourth-order valence-corrected chi connectivity index (χ4v) is 1.51. The molecule has 94 valence electrons. The third kappa shape index (κ3) is 6.03. The molecule has 1 rings (SSSR count). The lowest BCUT2D eigenvalue weighted by Crippen LogP contribution is -2.10. The van der Waals surface area contributed by atoms with Crippen molar-refractivity contribution in [3.05, 3.63) is 35.9 Å². The van der Waals surface area contributed by atoms with E-state index in [-0.39, 0.29) is 13.2 Å². The summed E-state index contributed by atoms with van der Waals surface area (Å²) in [5, 5.41) is 0. The van der Waals surface area contributed by atoms with Crippen LogP contribution in [0.3, 0.4) is 0 Å². The van der Waals surface area contributed by atoms with E-state index < -0.39 is 16.1 Å². The number of esters is 1. The molecule has 0 atom stereocenters. The number of carbonyl (C=O) groups excluding carboxylic acids is 1. The lowest BCUT2D eigenvalue weighted by Gasteiger charge is -2.04. The standard InChI is InChI=1S/C11H14O5S/c1-17(13,14)16-9-5-8-15-11(12)10-6-3-2-4-7-10/h2-4,6-7H,5,8-9H2,1H3. The van der Waals surface area contributed by atoms with Crippen LogP contribution in [0.4, 0.5) is 0 Å². The predicted octanol–water partition coefficient (Wildman–Crippen LogP) is 1.21. The number of rotatable bonds is 6. The van der Waals surface area contributed by atoms with Crippen LogP contribution < -0.4 is 0 Å². The average Bonchev–Trinajstić information content (AvgIpc) is 2.28. The van der Waals surface area contributed by atoms with Gasteiger partial charge in [-0.15, -0.1) is 0 Å². The SMILES string of the molecule is CS(=O)(=O)OCCCOC(=O)c1ccccc1. The Morgan fingerprint density at radius 1 is 1.18 bits per heavy atom. The Hall–Kier alpha value is -1.40. The Kier molecular flexibility index (Phi) is 5.11. The molecule has 0 aliphatic rings. The van der Waals surface area contributed by atoms with Crippen molar-refractivity contribution in [2.45, 2.75) is 6.42 Å². The average molecular weight is 258 g/mol. The van der Waals surface area contributed by atoms with Crippen molar-refractivity contribution in [3.8, 4) is 0 Å². The van der Waals surface area contributed by atoms with Crippen LogP contribution in [0.2, 0.25) is 0 Å². The first kappa shape index (κ1) is 13.7. The van der Waals surface area contributed by atoms with E-state index >= 15 is 0 Å². The third-order valence-corrected chi connectivity index (χ3v) is 2.42. The molecule has 1 aromatic carbocycles. The summed E-state index contributed by atoms with van der Waals surface area (Å²) in [6.45, 7) is 0.143. The Morgan fingerprint density at radius 3 is 2.41 bits per heavy atom. The molecule has 0 fully saturated rings. The van der Waals surface area contributed by atoms with Gasteiger partial charge in [-0.05, 0) is 12.1 Å². The fourth-order valence-electron chi connectivity index (χ4n) is 1.09. The number of benzene rings is 1. The van der Waals surface area contributed by atoms with Crippen LogP contribution in [0, 0.1) is 0 Å². The van der Waals surface area contributed by atoms with Crippen molar-refractivity contribution >= 4 is 16.1 Å². The molecule has 0 saturated heterocycles. The number of hydrogen-bond acceptors (Lipinski definition) is 5. The monoisotopic (exact) mass is 258 g/mol. The first-order valence-corrected chi connectivity index (χ1v) is 6.87. The first-order valence-electron chi connectivity index (χ1n) is 5.05. The van der Waals surface area contributed by atoms with E-state index in [2.05, 4.69) is 4.18 Å². The van der Waals surface area contributed by atoms with Gasteiger partial charge in [0.2, 0.25) is 0 Å². The number of ether oxygens (including phenoxy) is 1. The van der Waals surface area contributed by atoms with Crippen molar-refractivity contribution in [2.24, 2.45) is 0 Å². The topological polar surface area (TPSA) is 69.7 Å². The van der Waals surface area contributed by atoms with E-state index in [4.69, 9.17) is 4.74 Å². The van der Waals surface area contributed by atoms with Crippen molar-refractivity contribution in [2.75, 3.05) is 19.5 Å². The first-order chi connectivity index (χ1) is 7.99. The van der Waals surface area contributed by atoms with Crippen LogP contribution in [-0.2, 0) is 19.0 Å². The molecule has 6 heteroatoms. The Labute approximate surface area is 100 Å². The van der Waals surface area contributed by atoms with E-state index in [1.54, 1.807) is 30.3 Å². The van der Waals surface area contributed by atoms with E-state index in [1.807, 2.05) is 0 Å². The summed E-state index contributed by atoms with van der Waals surface area (Å²) in [6.07, 6.45) is 1.31. The zero-order valence-electron chi connectivity index (χ0n) is 9.46. The van der Waals surface area contributed by atoms with Gasteiger partial charge < -0.3 is 4.74 Å². The molecule has 5 nitrogen and oxygen atoms in total. The van der Waals surface area contributed by atoms with Gasteiger partial charge in [0.15, 0.2) is 0 Å². The summed E-state index contributed by atoms with van der Waals surface area (Å²) in [5.41, 5.74) is 0.469. The van der Waals surface area contributed by atoms with Gasteiger partial charge in [-0.2, -0.15) is 8.42 Å². The maximum absolute atomic E-state index is 11.4. The number of carbonyl (C=O) groups is 1. The van der Waals surface area contributed by atoms with Crippen molar-refractivity contribution < 1.29 is 22.1 Å². The van der Waals surface area contributed by atoms with Crippen LogP contribution in [0.25, 0.3) is 0 Å². The normalized spacial score (nSPS) is 11.1. The molecular weight excluding hydrogens is 244 g/mol. The lowest BCUT2D eigenvalue weighted by atomic mass is 10.2. The molecule has 0 N–H and O–H groups in total. The van der Waals surface area contributed by atoms with Gasteiger partial charge >= 0.3 is 5.97 Å². The van der Waals surface area contributed by atoms with Gasteiger partial charge in [0.1, 0.15) is 0 Å². The third-order valence-electron chi connectivity index (χ3n) is 1.83. The maximum atomic E-state index is 11.4. The summed E-state index contributed by atoms with van der Waals surface area (Å²) < 4.78 is 30.7. The summed E-state index contributed by atoms with van der Waals surface area (Å²) >= 11 is 0. The van der Waals surface area contributed by atoms with Gasteiger partial charge in [0.25, 0.3) is 10.1 Å². The Morgan fingerprint density at radius 2 is 1.82 bits per heavy atom. The molecule has 0 aliphatic carbocycles.